The Morgan fingerprint density at radius 3 is 2.77 bits per heavy atom. The second kappa shape index (κ2) is 7.47. The van der Waals surface area contributed by atoms with E-state index >= 15 is 0 Å². The first kappa shape index (κ1) is 17.8. The third-order valence-corrected chi connectivity index (χ3v) is 3.59. The lowest BCUT2D eigenvalue weighted by atomic mass is 10.2. The lowest BCUT2D eigenvalue weighted by Gasteiger charge is -2.23. The van der Waals surface area contributed by atoms with Gasteiger partial charge in [-0.15, -0.1) is 0 Å². The van der Waals surface area contributed by atoms with Crippen LogP contribution in [0.5, 0.6) is 5.75 Å². The molecule has 0 fully saturated rings. The summed E-state index contributed by atoms with van der Waals surface area (Å²) in [6.07, 6.45) is -1.53. The fourth-order valence-corrected chi connectivity index (χ4v) is 2.42. The van der Waals surface area contributed by atoms with E-state index in [1.54, 1.807) is 36.5 Å². The van der Waals surface area contributed by atoms with E-state index in [1.807, 2.05) is 6.07 Å². The minimum absolute atomic E-state index is 0.263. The predicted molar refractivity (Wildman–Crippen MR) is 87.4 cm³/mol. The summed E-state index contributed by atoms with van der Waals surface area (Å²) >= 11 is 0. The molecular formula is C18H15F3N2O3. The SMILES string of the molecule is O=C(COc1ccc2ncccc2c1)N(Cc1ccco1)CC(F)(F)F. The molecule has 0 N–H and O–H groups in total. The van der Waals surface area contributed by atoms with Gasteiger partial charge in [-0.25, -0.2) is 0 Å². The van der Waals surface area contributed by atoms with E-state index in [2.05, 4.69) is 4.98 Å². The normalized spacial score (nSPS) is 11.5. The number of rotatable bonds is 6. The molecule has 2 heterocycles. The third-order valence-electron chi connectivity index (χ3n) is 3.59. The second-order valence-corrected chi connectivity index (χ2v) is 5.59. The molecule has 5 nitrogen and oxygen atoms in total. The van der Waals surface area contributed by atoms with Crippen molar-refractivity contribution in [1.29, 1.82) is 0 Å². The maximum absolute atomic E-state index is 12.8. The molecule has 0 atom stereocenters. The van der Waals surface area contributed by atoms with Gasteiger partial charge >= 0.3 is 6.18 Å². The van der Waals surface area contributed by atoms with Crippen LogP contribution in [0.3, 0.4) is 0 Å². The van der Waals surface area contributed by atoms with Crippen LogP contribution >= 0.6 is 0 Å². The number of amides is 1. The number of halogens is 3. The summed E-state index contributed by atoms with van der Waals surface area (Å²) in [7, 11) is 0. The van der Waals surface area contributed by atoms with E-state index in [-0.39, 0.29) is 12.3 Å². The van der Waals surface area contributed by atoms with Crippen LogP contribution in [0.4, 0.5) is 13.2 Å². The summed E-state index contributed by atoms with van der Waals surface area (Å²) in [5.74, 6) is -0.145. The maximum atomic E-state index is 12.8. The number of hydrogen-bond acceptors (Lipinski definition) is 4. The van der Waals surface area contributed by atoms with Gasteiger partial charge in [-0.05, 0) is 36.4 Å². The van der Waals surface area contributed by atoms with Crippen molar-refractivity contribution < 1.29 is 27.1 Å². The molecule has 3 aromatic rings. The standard InChI is InChI=1S/C18H15F3N2O3/c19-18(20,21)12-23(10-15-4-2-8-25-15)17(24)11-26-14-5-6-16-13(9-14)3-1-7-22-16/h1-9H,10-12H2. The number of furan rings is 1. The minimum Gasteiger partial charge on any atom is -0.484 e. The number of aromatic nitrogens is 1. The molecule has 0 saturated carbocycles. The van der Waals surface area contributed by atoms with Crippen LogP contribution < -0.4 is 4.74 Å². The number of nitrogens with zero attached hydrogens (tertiary/aromatic N) is 2. The summed E-state index contributed by atoms with van der Waals surface area (Å²) in [6, 6.07) is 11.6. The predicted octanol–water partition coefficient (Wildman–Crippen LogP) is 3.80. The van der Waals surface area contributed by atoms with Gasteiger partial charge in [-0.3, -0.25) is 9.78 Å². The largest absolute Gasteiger partial charge is 0.484 e. The van der Waals surface area contributed by atoms with Gasteiger partial charge in [0.05, 0.1) is 18.3 Å². The van der Waals surface area contributed by atoms with Gasteiger partial charge in [0.2, 0.25) is 0 Å². The van der Waals surface area contributed by atoms with Gasteiger partial charge in [0.1, 0.15) is 18.1 Å². The van der Waals surface area contributed by atoms with Crippen LogP contribution in [0.15, 0.2) is 59.3 Å². The Morgan fingerprint density at radius 1 is 1.19 bits per heavy atom. The Morgan fingerprint density at radius 2 is 2.04 bits per heavy atom. The van der Waals surface area contributed by atoms with Crippen LogP contribution in [0.1, 0.15) is 5.76 Å². The second-order valence-electron chi connectivity index (χ2n) is 5.59. The average molecular weight is 364 g/mol. The molecule has 0 aliphatic carbocycles. The topological polar surface area (TPSA) is 55.6 Å². The number of benzene rings is 1. The number of carbonyl (C=O) groups excluding carboxylic acids is 1. The maximum Gasteiger partial charge on any atom is 0.406 e. The highest BCUT2D eigenvalue weighted by Gasteiger charge is 2.33. The van der Waals surface area contributed by atoms with Crippen LogP contribution in [0.2, 0.25) is 0 Å². The zero-order valence-electron chi connectivity index (χ0n) is 13.6. The smallest absolute Gasteiger partial charge is 0.406 e. The first-order valence-corrected chi connectivity index (χ1v) is 7.75. The highest BCUT2D eigenvalue weighted by molar-refractivity contribution is 5.80. The summed E-state index contributed by atoms with van der Waals surface area (Å²) in [6.45, 7) is -2.17. The lowest BCUT2D eigenvalue weighted by molar-refractivity contribution is -0.164. The van der Waals surface area contributed by atoms with Crippen molar-refractivity contribution in [2.24, 2.45) is 0 Å². The van der Waals surface area contributed by atoms with E-state index < -0.39 is 25.2 Å². The molecule has 0 spiro atoms. The monoisotopic (exact) mass is 364 g/mol. The molecule has 1 aromatic carbocycles. The molecule has 0 aliphatic rings. The number of fused-ring (bicyclic) bond motifs is 1. The van der Waals surface area contributed by atoms with Gasteiger partial charge in [0, 0.05) is 11.6 Å². The fourth-order valence-electron chi connectivity index (χ4n) is 2.42. The van der Waals surface area contributed by atoms with Crippen molar-refractivity contribution in [1.82, 2.24) is 9.88 Å². The van der Waals surface area contributed by atoms with Crippen molar-refractivity contribution in [3.8, 4) is 5.75 Å². The molecule has 136 valence electrons. The van der Waals surface area contributed by atoms with Crippen LogP contribution in [0, 0.1) is 0 Å². The van der Waals surface area contributed by atoms with Crippen molar-refractivity contribution in [2.75, 3.05) is 13.2 Å². The van der Waals surface area contributed by atoms with Crippen molar-refractivity contribution >= 4 is 16.8 Å². The molecule has 0 unspecified atom stereocenters. The molecule has 0 aliphatic heterocycles. The number of hydrogen-bond donors (Lipinski definition) is 0. The zero-order chi connectivity index (χ0) is 18.6. The molecule has 3 rings (SSSR count). The first-order valence-electron chi connectivity index (χ1n) is 7.75. The van der Waals surface area contributed by atoms with E-state index in [4.69, 9.17) is 9.15 Å². The van der Waals surface area contributed by atoms with E-state index in [0.717, 1.165) is 10.9 Å². The Hall–Kier alpha value is -3.03. The van der Waals surface area contributed by atoms with Gasteiger partial charge in [0.25, 0.3) is 5.91 Å². The van der Waals surface area contributed by atoms with E-state index in [1.165, 1.54) is 12.3 Å². The Labute approximate surface area is 147 Å². The molecular weight excluding hydrogens is 349 g/mol. The fraction of sp³-hybridized carbons (Fsp3) is 0.222. The Balaban J connectivity index is 1.67. The molecule has 0 bridgehead atoms. The highest BCUT2D eigenvalue weighted by Crippen LogP contribution is 2.21. The first-order chi connectivity index (χ1) is 12.4. The average Bonchev–Trinajstić information content (AvgIpc) is 3.11. The minimum atomic E-state index is -4.52. The number of ether oxygens (including phenoxy) is 1. The number of carbonyl (C=O) groups is 1. The van der Waals surface area contributed by atoms with Gasteiger partial charge < -0.3 is 14.1 Å². The van der Waals surface area contributed by atoms with Crippen molar-refractivity contribution in [2.45, 2.75) is 12.7 Å². The summed E-state index contributed by atoms with van der Waals surface area (Å²) < 4.78 is 48.7. The summed E-state index contributed by atoms with van der Waals surface area (Å²) in [5, 5.41) is 0.806. The van der Waals surface area contributed by atoms with Crippen molar-refractivity contribution in [3.05, 3.63) is 60.7 Å². The van der Waals surface area contributed by atoms with Crippen LogP contribution in [-0.4, -0.2) is 35.1 Å². The molecule has 2 aromatic heterocycles. The summed E-state index contributed by atoms with van der Waals surface area (Å²) in [4.78, 5) is 17.0. The van der Waals surface area contributed by atoms with Crippen molar-refractivity contribution in [3.63, 3.8) is 0 Å². The third kappa shape index (κ3) is 4.75. The van der Waals surface area contributed by atoms with Gasteiger partial charge in [-0.1, -0.05) is 6.07 Å². The Kier molecular flexibility index (Phi) is 5.11. The molecule has 26 heavy (non-hydrogen) atoms. The quantitative estimate of drug-likeness (QED) is 0.668. The number of pyridine rings is 1. The Bertz CT molecular complexity index is 879. The molecule has 1 amide bonds. The summed E-state index contributed by atoms with van der Waals surface area (Å²) in [5.41, 5.74) is 0.752. The van der Waals surface area contributed by atoms with Crippen LogP contribution in [0.25, 0.3) is 10.9 Å². The van der Waals surface area contributed by atoms with E-state index in [0.29, 0.717) is 10.6 Å². The lowest BCUT2D eigenvalue weighted by Crippen LogP contribution is -2.40. The highest BCUT2D eigenvalue weighted by atomic mass is 19.4. The molecule has 0 radical (unpaired) electrons. The van der Waals surface area contributed by atoms with E-state index in [9.17, 15) is 18.0 Å². The van der Waals surface area contributed by atoms with Gasteiger partial charge in [-0.2, -0.15) is 13.2 Å². The molecule has 8 heteroatoms. The zero-order valence-corrected chi connectivity index (χ0v) is 13.6. The van der Waals surface area contributed by atoms with Crippen LogP contribution in [-0.2, 0) is 11.3 Å². The number of alkyl halides is 3. The molecule has 0 saturated heterocycles. The van der Waals surface area contributed by atoms with Gasteiger partial charge in [0.15, 0.2) is 6.61 Å².